The summed E-state index contributed by atoms with van der Waals surface area (Å²) in [6.07, 6.45) is 5.52. The summed E-state index contributed by atoms with van der Waals surface area (Å²) in [4.78, 5) is 0. The van der Waals surface area contributed by atoms with E-state index < -0.39 is 0 Å². The van der Waals surface area contributed by atoms with Crippen molar-refractivity contribution in [1.29, 1.82) is 0 Å². The van der Waals surface area contributed by atoms with Gasteiger partial charge in [0.2, 0.25) is 0 Å². The summed E-state index contributed by atoms with van der Waals surface area (Å²) in [6, 6.07) is 0. The Morgan fingerprint density at radius 1 is 0.824 bits per heavy atom. The molecular weight excluding hydrogens is 208 g/mol. The van der Waals surface area contributed by atoms with E-state index in [0.717, 1.165) is 19.0 Å². The molecule has 0 fully saturated rings. The van der Waals surface area contributed by atoms with Crippen LogP contribution in [0.5, 0.6) is 0 Å². The van der Waals surface area contributed by atoms with Gasteiger partial charge in [-0.1, -0.05) is 74.1 Å². The van der Waals surface area contributed by atoms with E-state index in [-0.39, 0.29) is 0 Å². The summed E-state index contributed by atoms with van der Waals surface area (Å²) < 4.78 is 0. The maximum absolute atomic E-state index is 4.50. The Kier molecular flexibility index (Phi) is 54.4. The van der Waals surface area contributed by atoms with Crippen molar-refractivity contribution in [2.45, 2.75) is 74.1 Å². The molecule has 2 nitrogen and oxygen atoms in total. The van der Waals surface area contributed by atoms with Gasteiger partial charge in [-0.15, -0.1) is 0 Å². The van der Waals surface area contributed by atoms with Gasteiger partial charge in [-0.2, -0.15) is 0 Å². The van der Waals surface area contributed by atoms with E-state index in [1.54, 1.807) is 0 Å². The maximum atomic E-state index is 4.50. The zero-order valence-corrected chi connectivity index (χ0v) is 13.9. The van der Waals surface area contributed by atoms with Crippen LogP contribution in [-0.4, -0.2) is 20.1 Å². The van der Waals surface area contributed by atoms with Gasteiger partial charge in [0.15, 0.2) is 0 Å². The van der Waals surface area contributed by atoms with Crippen LogP contribution in [0.3, 0.4) is 0 Å². The van der Waals surface area contributed by atoms with E-state index in [1.807, 2.05) is 13.8 Å². The third kappa shape index (κ3) is 49.2. The van der Waals surface area contributed by atoms with Crippen molar-refractivity contribution in [2.24, 2.45) is 11.7 Å². The number of nitrogens with two attached hydrogens (primary N) is 1. The van der Waals surface area contributed by atoms with Gasteiger partial charge in [-0.25, -0.2) is 0 Å². The van der Waals surface area contributed by atoms with Gasteiger partial charge in [0.05, 0.1) is 0 Å². The van der Waals surface area contributed by atoms with Crippen molar-refractivity contribution in [3.8, 4) is 0 Å². The second kappa shape index (κ2) is 36.0. The highest BCUT2D eigenvalue weighted by Crippen LogP contribution is 2.10. The monoisotopic (exact) mass is 248 g/mol. The minimum atomic E-state index is 0.963. The molecule has 0 saturated heterocycles. The lowest BCUT2D eigenvalue weighted by Gasteiger charge is -2.05. The Balaban J connectivity index is -0.0000000809. The molecule has 17 heavy (non-hydrogen) atoms. The molecule has 0 rings (SSSR count). The smallest absolute Gasteiger partial charge is 0.00775 e. The van der Waals surface area contributed by atoms with Gasteiger partial charge in [-0.05, 0) is 26.1 Å². The third-order valence-corrected chi connectivity index (χ3v) is 2.06. The fraction of sp³-hybridized carbons (Fsp3) is 1.00. The van der Waals surface area contributed by atoms with E-state index in [4.69, 9.17) is 0 Å². The number of hydrogen-bond donors (Lipinski definition) is 2. The van der Waals surface area contributed by atoms with Crippen LogP contribution in [0, 0.1) is 5.92 Å². The lowest BCUT2D eigenvalue weighted by atomic mass is 10.0. The Morgan fingerprint density at radius 2 is 1.12 bits per heavy atom. The molecule has 0 spiro atoms. The van der Waals surface area contributed by atoms with Crippen molar-refractivity contribution in [1.82, 2.24) is 5.32 Å². The Labute approximate surface area is 112 Å². The number of hydrogen-bond acceptors (Lipinski definition) is 2. The summed E-state index contributed by atoms with van der Waals surface area (Å²) in [6.45, 7) is 17.2. The molecular formula is C15H40N2. The molecule has 0 saturated carbocycles. The molecule has 110 valence electrons. The first-order valence-corrected chi connectivity index (χ1v) is 7.51. The lowest BCUT2D eigenvalue weighted by molar-refractivity contribution is 0.480. The van der Waals surface area contributed by atoms with Crippen LogP contribution in [-0.2, 0) is 0 Å². The largest absolute Gasteiger partial charge is 0.333 e. The van der Waals surface area contributed by atoms with Crippen LogP contribution in [0.15, 0.2) is 0 Å². The molecule has 0 aromatic heterocycles. The molecule has 0 aromatic rings. The van der Waals surface area contributed by atoms with E-state index in [0.29, 0.717) is 0 Å². The van der Waals surface area contributed by atoms with Gasteiger partial charge >= 0.3 is 0 Å². The molecule has 0 amide bonds. The first kappa shape index (κ1) is 25.7. The molecule has 0 aliphatic heterocycles. The molecule has 0 radical (unpaired) electrons. The standard InChI is InChI=1S/C8H18.C4H11N.C2H6.CH5N/c1-4-6-8(3)7-5-2;1-3-5-4-2;2*1-2/h8H,4-7H2,1-3H3;5H,3-4H2,1-2H3;1-2H3;2H2,1H3. The quantitative estimate of drug-likeness (QED) is 0.729. The highest BCUT2D eigenvalue weighted by Gasteiger charge is 1.95. The van der Waals surface area contributed by atoms with E-state index >= 15 is 0 Å². The topological polar surface area (TPSA) is 38.0 Å². The second-order valence-electron chi connectivity index (χ2n) is 3.64. The molecule has 0 bridgehead atoms. The predicted octanol–water partition coefficient (Wildman–Crippen LogP) is 4.44. The molecule has 0 atom stereocenters. The van der Waals surface area contributed by atoms with Crippen molar-refractivity contribution >= 4 is 0 Å². The van der Waals surface area contributed by atoms with Crippen LogP contribution >= 0.6 is 0 Å². The van der Waals surface area contributed by atoms with E-state index in [2.05, 4.69) is 45.7 Å². The van der Waals surface area contributed by atoms with Crippen molar-refractivity contribution in [3.63, 3.8) is 0 Å². The van der Waals surface area contributed by atoms with E-state index in [9.17, 15) is 0 Å². The zero-order chi connectivity index (χ0) is 14.5. The van der Waals surface area contributed by atoms with Crippen LogP contribution in [0.4, 0.5) is 0 Å². The highest BCUT2D eigenvalue weighted by molar-refractivity contribution is 4.48. The van der Waals surface area contributed by atoms with Gasteiger partial charge in [0, 0.05) is 0 Å². The van der Waals surface area contributed by atoms with Gasteiger partial charge < -0.3 is 11.1 Å². The summed E-state index contributed by atoms with van der Waals surface area (Å²) in [7, 11) is 1.50. The van der Waals surface area contributed by atoms with Gasteiger partial charge in [-0.3, -0.25) is 0 Å². The summed E-state index contributed by atoms with van der Waals surface area (Å²) in [5, 5.41) is 3.11. The van der Waals surface area contributed by atoms with Crippen LogP contribution < -0.4 is 11.1 Å². The van der Waals surface area contributed by atoms with Crippen molar-refractivity contribution in [3.05, 3.63) is 0 Å². The Hall–Kier alpha value is -0.0800. The summed E-state index contributed by atoms with van der Waals surface area (Å²) in [5.41, 5.74) is 4.50. The maximum Gasteiger partial charge on any atom is -0.00775 e. The van der Waals surface area contributed by atoms with Gasteiger partial charge in [0.1, 0.15) is 0 Å². The fourth-order valence-corrected chi connectivity index (χ4v) is 1.38. The molecule has 2 heteroatoms. The van der Waals surface area contributed by atoms with Crippen molar-refractivity contribution in [2.75, 3.05) is 20.1 Å². The van der Waals surface area contributed by atoms with E-state index in [1.165, 1.54) is 32.7 Å². The molecule has 0 aliphatic carbocycles. The molecule has 0 aliphatic rings. The Morgan fingerprint density at radius 3 is 1.24 bits per heavy atom. The van der Waals surface area contributed by atoms with Crippen LogP contribution in [0.2, 0.25) is 0 Å². The first-order valence-electron chi connectivity index (χ1n) is 7.51. The molecule has 0 heterocycles. The molecule has 0 aromatic carbocycles. The normalized spacial score (nSPS) is 8.12. The average molecular weight is 248 g/mol. The van der Waals surface area contributed by atoms with Crippen LogP contribution in [0.25, 0.3) is 0 Å². The first-order chi connectivity index (χ1) is 8.22. The summed E-state index contributed by atoms with van der Waals surface area (Å²) in [5.74, 6) is 0.963. The second-order valence-corrected chi connectivity index (χ2v) is 3.64. The van der Waals surface area contributed by atoms with Crippen molar-refractivity contribution < 1.29 is 0 Å². The minimum Gasteiger partial charge on any atom is -0.333 e. The SMILES string of the molecule is CC.CCCC(C)CCC.CCNCC.CN. The molecule has 0 unspecified atom stereocenters. The van der Waals surface area contributed by atoms with Gasteiger partial charge in [0.25, 0.3) is 0 Å². The zero-order valence-electron chi connectivity index (χ0n) is 13.9. The number of rotatable bonds is 6. The predicted molar refractivity (Wildman–Crippen MR) is 84.7 cm³/mol. The third-order valence-electron chi connectivity index (χ3n) is 2.06. The highest BCUT2D eigenvalue weighted by atomic mass is 14.8. The molecule has 3 N–H and O–H groups in total. The minimum absolute atomic E-state index is 0.963. The fourth-order valence-electron chi connectivity index (χ4n) is 1.38. The number of nitrogens with one attached hydrogen (secondary N) is 1. The average Bonchev–Trinajstić information content (AvgIpc) is 2.37. The van der Waals surface area contributed by atoms with Crippen LogP contribution in [0.1, 0.15) is 74.1 Å². The Bertz CT molecular complexity index is 67.3. The summed E-state index contributed by atoms with van der Waals surface area (Å²) >= 11 is 0. The lowest BCUT2D eigenvalue weighted by Crippen LogP contribution is -2.09.